The molecule has 2 aliphatic rings. The molecule has 4 rings (SSSR count). The van der Waals surface area contributed by atoms with E-state index in [1.807, 2.05) is 11.0 Å². The maximum Gasteiger partial charge on any atom is 0.229 e. The van der Waals surface area contributed by atoms with Gasteiger partial charge in [0.2, 0.25) is 11.8 Å². The van der Waals surface area contributed by atoms with Crippen molar-refractivity contribution in [2.24, 2.45) is 0 Å². The molecule has 1 saturated carbocycles. The molecule has 0 spiro atoms. The first-order chi connectivity index (χ1) is 10.7. The van der Waals surface area contributed by atoms with E-state index >= 15 is 0 Å². The van der Waals surface area contributed by atoms with Gasteiger partial charge in [0.25, 0.3) is 0 Å². The van der Waals surface area contributed by atoms with E-state index in [-0.39, 0.29) is 11.9 Å². The third kappa shape index (κ3) is 2.67. The summed E-state index contributed by atoms with van der Waals surface area (Å²) in [5.74, 6) is 2.07. The molecule has 2 fully saturated rings. The van der Waals surface area contributed by atoms with Crippen LogP contribution in [0.5, 0.6) is 0 Å². The lowest BCUT2D eigenvalue weighted by atomic mass is 10.2. The number of hydrogen-bond acceptors (Lipinski definition) is 5. The van der Waals surface area contributed by atoms with E-state index in [0.29, 0.717) is 18.2 Å². The van der Waals surface area contributed by atoms with Crippen molar-refractivity contribution in [2.75, 3.05) is 6.54 Å². The smallest absolute Gasteiger partial charge is 0.229 e. The number of amides is 1. The van der Waals surface area contributed by atoms with Crippen LogP contribution >= 0.6 is 11.3 Å². The van der Waals surface area contributed by atoms with Crippen molar-refractivity contribution < 1.29 is 9.32 Å². The maximum absolute atomic E-state index is 12.6. The summed E-state index contributed by atoms with van der Waals surface area (Å²) in [5.41, 5.74) is 0. The standard InChI is InChI=1S/C16H19N3O2S/c1-10-4-7-12(22-10)9-14(20)19-8-2-3-13(19)15-17-16(21-18-15)11-5-6-11/h4,7,11,13H,2-3,5-6,8-9H2,1H3/t13-/m0/s1. The van der Waals surface area contributed by atoms with Crippen LogP contribution in [0, 0.1) is 6.92 Å². The van der Waals surface area contributed by atoms with Gasteiger partial charge < -0.3 is 9.42 Å². The largest absolute Gasteiger partial charge is 0.339 e. The van der Waals surface area contributed by atoms with Crippen LogP contribution < -0.4 is 0 Å². The molecular weight excluding hydrogens is 298 g/mol. The Morgan fingerprint density at radius 2 is 2.27 bits per heavy atom. The second kappa shape index (κ2) is 5.50. The fourth-order valence-corrected chi connectivity index (χ4v) is 3.92. The highest BCUT2D eigenvalue weighted by atomic mass is 32.1. The lowest BCUT2D eigenvalue weighted by molar-refractivity contribution is -0.131. The second-order valence-electron chi connectivity index (χ2n) is 6.20. The highest BCUT2D eigenvalue weighted by Crippen LogP contribution is 2.40. The minimum absolute atomic E-state index is 0.00944. The summed E-state index contributed by atoms with van der Waals surface area (Å²) in [4.78, 5) is 21.4. The van der Waals surface area contributed by atoms with Gasteiger partial charge in [-0.15, -0.1) is 11.3 Å². The number of hydrogen-bond donors (Lipinski definition) is 0. The predicted molar refractivity (Wildman–Crippen MR) is 82.7 cm³/mol. The van der Waals surface area contributed by atoms with Gasteiger partial charge in [-0.25, -0.2) is 0 Å². The van der Waals surface area contributed by atoms with Crippen molar-refractivity contribution in [1.82, 2.24) is 15.0 Å². The van der Waals surface area contributed by atoms with Crippen LogP contribution in [0.3, 0.4) is 0 Å². The van der Waals surface area contributed by atoms with E-state index in [0.717, 1.165) is 43.0 Å². The third-order valence-electron chi connectivity index (χ3n) is 4.38. The van der Waals surface area contributed by atoms with Gasteiger partial charge in [0.1, 0.15) is 0 Å². The number of aryl methyl sites for hydroxylation is 1. The van der Waals surface area contributed by atoms with Crippen LogP contribution in [0.25, 0.3) is 0 Å². The number of carbonyl (C=O) groups excluding carboxylic acids is 1. The monoisotopic (exact) mass is 317 g/mol. The van der Waals surface area contributed by atoms with Gasteiger partial charge in [0, 0.05) is 22.2 Å². The highest BCUT2D eigenvalue weighted by molar-refractivity contribution is 7.12. The van der Waals surface area contributed by atoms with Crippen molar-refractivity contribution in [2.45, 2.75) is 51.0 Å². The summed E-state index contributed by atoms with van der Waals surface area (Å²) in [7, 11) is 0. The summed E-state index contributed by atoms with van der Waals surface area (Å²) in [5, 5.41) is 4.13. The molecule has 0 radical (unpaired) electrons. The third-order valence-corrected chi connectivity index (χ3v) is 5.38. The Morgan fingerprint density at radius 3 is 3.00 bits per heavy atom. The fraction of sp³-hybridized carbons (Fsp3) is 0.562. The van der Waals surface area contributed by atoms with Gasteiger partial charge in [-0.3, -0.25) is 4.79 Å². The Balaban J connectivity index is 1.48. The van der Waals surface area contributed by atoms with Crippen LogP contribution in [0.2, 0.25) is 0 Å². The van der Waals surface area contributed by atoms with E-state index < -0.39 is 0 Å². The van der Waals surface area contributed by atoms with Crippen molar-refractivity contribution >= 4 is 17.2 Å². The first-order valence-corrected chi connectivity index (χ1v) is 8.70. The molecule has 6 heteroatoms. The van der Waals surface area contributed by atoms with Crippen molar-refractivity contribution in [3.8, 4) is 0 Å². The quantitative estimate of drug-likeness (QED) is 0.868. The molecule has 5 nitrogen and oxygen atoms in total. The number of nitrogens with zero attached hydrogens (tertiary/aromatic N) is 3. The minimum atomic E-state index is -0.00944. The summed E-state index contributed by atoms with van der Waals surface area (Å²) in [6, 6.07) is 4.10. The number of rotatable bonds is 4. The van der Waals surface area contributed by atoms with Gasteiger partial charge >= 0.3 is 0 Å². The summed E-state index contributed by atoms with van der Waals surface area (Å²) in [6.45, 7) is 2.86. The van der Waals surface area contributed by atoms with E-state index in [1.54, 1.807) is 11.3 Å². The van der Waals surface area contributed by atoms with Gasteiger partial charge in [-0.1, -0.05) is 5.16 Å². The number of likely N-dealkylation sites (tertiary alicyclic amines) is 1. The molecule has 22 heavy (non-hydrogen) atoms. The first kappa shape index (κ1) is 13.9. The molecule has 1 aliphatic heterocycles. The molecular formula is C16H19N3O2S. The zero-order valence-corrected chi connectivity index (χ0v) is 13.4. The lowest BCUT2D eigenvalue weighted by Crippen LogP contribution is -2.32. The maximum atomic E-state index is 12.6. The second-order valence-corrected chi connectivity index (χ2v) is 7.57. The average molecular weight is 317 g/mol. The molecule has 0 bridgehead atoms. The van der Waals surface area contributed by atoms with Gasteiger partial charge in [-0.2, -0.15) is 4.98 Å². The van der Waals surface area contributed by atoms with E-state index in [1.165, 1.54) is 4.88 Å². The van der Waals surface area contributed by atoms with Gasteiger partial charge in [0.15, 0.2) is 5.82 Å². The van der Waals surface area contributed by atoms with Crippen molar-refractivity contribution in [1.29, 1.82) is 0 Å². The Morgan fingerprint density at radius 1 is 1.41 bits per heavy atom. The molecule has 0 N–H and O–H groups in total. The predicted octanol–water partition coefficient (Wildman–Crippen LogP) is 3.22. The summed E-state index contributed by atoms with van der Waals surface area (Å²) < 4.78 is 5.35. The Labute approximate surface area is 133 Å². The van der Waals surface area contributed by atoms with Gasteiger partial charge in [-0.05, 0) is 44.7 Å². The van der Waals surface area contributed by atoms with Crippen molar-refractivity contribution in [3.63, 3.8) is 0 Å². The van der Waals surface area contributed by atoms with Crippen LogP contribution in [0.4, 0.5) is 0 Å². The number of carbonyl (C=O) groups is 1. The first-order valence-electron chi connectivity index (χ1n) is 7.89. The van der Waals surface area contributed by atoms with Crippen LogP contribution in [0.1, 0.15) is 59.1 Å². The number of aromatic nitrogens is 2. The molecule has 1 amide bonds. The molecule has 2 aromatic rings. The average Bonchev–Trinajstić information content (AvgIpc) is 2.93. The zero-order chi connectivity index (χ0) is 15.1. The Bertz CT molecular complexity index is 689. The minimum Gasteiger partial charge on any atom is -0.339 e. The molecule has 0 unspecified atom stereocenters. The Hall–Kier alpha value is -1.69. The molecule has 1 saturated heterocycles. The molecule has 0 aromatic carbocycles. The fourth-order valence-electron chi connectivity index (χ4n) is 3.04. The molecule has 2 aromatic heterocycles. The van der Waals surface area contributed by atoms with Crippen LogP contribution in [-0.4, -0.2) is 27.5 Å². The molecule has 116 valence electrons. The van der Waals surface area contributed by atoms with Crippen molar-refractivity contribution in [3.05, 3.63) is 33.6 Å². The normalized spacial score (nSPS) is 21.5. The highest BCUT2D eigenvalue weighted by Gasteiger charge is 2.36. The SMILES string of the molecule is Cc1ccc(CC(=O)N2CCC[C@H]2c2noc(C3CC3)n2)s1. The molecule has 3 heterocycles. The molecule has 1 atom stereocenters. The zero-order valence-electron chi connectivity index (χ0n) is 12.6. The van der Waals surface area contributed by atoms with Crippen LogP contribution in [0.15, 0.2) is 16.7 Å². The molecule has 1 aliphatic carbocycles. The topological polar surface area (TPSA) is 59.2 Å². The lowest BCUT2D eigenvalue weighted by Gasteiger charge is -2.21. The van der Waals surface area contributed by atoms with Gasteiger partial charge in [0.05, 0.1) is 12.5 Å². The number of thiophene rings is 1. The summed E-state index contributed by atoms with van der Waals surface area (Å²) in [6.07, 6.45) is 4.70. The Kier molecular flexibility index (Phi) is 3.48. The van der Waals surface area contributed by atoms with E-state index in [9.17, 15) is 4.79 Å². The van der Waals surface area contributed by atoms with Crippen LogP contribution in [-0.2, 0) is 11.2 Å². The summed E-state index contributed by atoms with van der Waals surface area (Å²) >= 11 is 1.69. The van der Waals surface area contributed by atoms with E-state index in [4.69, 9.17) is 4.52 Å². The van der Waals surface area contributed by atoms with E-state index in [2.05, 4.69) is 23.1 Å².